The summed E-state index contributed by atoms with van der Waals surface area (Å²) in [6, 6.07) is 10.3. The molecule has 0 aliphatic carbocycles. The van der Waals surface area contributed by atoms with Crippen LogP contribution in [0.3, 0.4) is 0 Å². The fourth-order valence-corrected chi connectivity index (χ4v) is 3.57. The van der Waals surface area contributed by atoms with Crippen LogP contribution in [0.2, 0.25) is 5.02 Å². The summed E-state index contributed by atoms with van der Waals surface area (Å²) < 4.78 is 33.4. The van der Waals surface area contributed by atoms with Crippen LogP contribution in [-0.2, 0) is 16.4 Å². The Hall–Kier alpha value is -1.72. The number of nitrogens with one attached hydrogen (secondary N) is 1. The van der Waals surface area contributed by atoms with Crippen LogP contribution in [0.1, 0.15) is 25.0 Å². The predicted molar refractivity (Wildman–Crippen MR) is 94.0 cm³/mol. The maximum atomic E-state index is 12.7. The van der Waals surface area contributed by atoms with E-state index < -0.39 is 10.0 Å². The molecule has 4 nitrogen and oxygen atoms in total. The number of anilines is 1. The van der Waals surface area contributed by atoms with E-state index in [2.05, 4.69) is 4.72 Å². The number of aryl methyl sites for hydroxylation is 2. The summed E-state index contributed by atoms with van der Waals surface area (Å²) in [5.41, 5.74) is 2.41. The molecule has 2 rings (SSSR count). The van der Waals surface area contributed by atoms with Gasteiger partial charge < -0.3 is 4.74 Å². The van der Waals surface area contributed by atoms with E-state index in [0.717, 1.165) is 17.5 Å². The first-order chi connectivity index (χ1) is 10.9. The standard InChI is InChI=1S/C17H20ClNO3S/c1-4-13-6-8-14(9-7-13)19-23(20,21)17-11-15(18)12(3)10-16(17)22-5-2/h6-11,19H,4-5H2,1-3H3. The molecular formula is C17H20ClNO3S. The molecule has 0 aliphatic rings. The Kier molecular flexibility index (Phi) is 5.55. The molecule has 1 N–H and O–H groups in total. The van der Waals surface area contributed by atoms with Gasteiger partial charge in [-0.25, -0.2) is 8.42 Å². The van der Waals surface area contributed by atoms with Crippen molar-refractivity contribution in [3.63, 3.8) is 0 Å². The Morgan fingerprint density at radius 2 is 1.78 bits per heavy atom. The van der Waals surface area contributed by atoms with E-state index in [4.69, 9.17) is 16.3 Å². The first-order valence-corrected chi connectivity index (χ1v) is 9.28. The molecule has 23 heavy (non-hydrogen) atoms. The third-order valence-electron chi connectivity index (χ3n) is 3.43. The number of ether oxygens (including phenoxy) is 1. The smallest absolute Gasteiger partial charge is 0.265 e. The van der Waals surface area contributed by atoms with Gasteiger partial charge in [-0.3, -0.25) is 4.72 Å². The summed E-state index contributed by atoms with van der Waals surface area (Å²) in [7, 11) is -3.78. The minimum Gasteiger partial charge on any atom is -0.492 e. The van der Waals surface area contributed by atoms with Gasteiger partial charge >= 0.3 is 0 Å². The fourth-order valence-electron chi connectivity index (χ4n) is 2.13. The number of benzene rings is 2. The summed E-state index contributed by atoms with van der Waals surface area (Å²) in [4.78, 5) is 0.0366. The highest BCUT2D eigenvalue weighted by atomic mass is 35.5. The third-order valence-corrected chi connectivity index (χ3v) is 5.24. The maximum Gasteiger partial charge on any atom is 0.265 e. The van der Waals surface area contributed by atoms with Gasteiger partial charge in [0, 0.05) is 10.7 Å². The average molecular weight is 354 g/mol. The van der Waals surface area contributed by atoms with Gasteiger partial charge in [-0.15, -0.1) is 0 Å². The van der Waals surface area contributed by atoms with Gasteiger partial charge in [0.15, 0.2) is 0 Å². The van der Waals surface area contributed by atoms with E-state index in [1.54, 1.807) is 32.0 Å². The number of hydrogen-bond acceptors (Lipinski definition) is 3. The Morgan fingerprint density at radius 1 is 1.13 bits per heavy atom. The van der Waals surface area contributed by atoms with Crippen LogP contribution in [0, 0.1) is 6.92 Å². The second-order valence-electron chi connectivity index (χ2n) is 5.14. The molecule has 2 aromatic rings. The summed E-state index contributed by atoms with van der Waals surface area (Å²) in [6.45, 7) is 6.02. The van der Waals surface area contributed by atoms with Crippen LogP contribution in [0.4, 0.5) is 5.69 Å². The van der Waals surface area contributed by atoms with Gasteiger partial charge in [0.05, 0.1) is 6.61 Å². The van der Waals surface area contributed by atoms with Gasteiger partial charge in [0.2, 0.25) is 0 Å². The van der Waals surface area contributed by atoms with Crippen LogP contribution < -0.4 is 9.46 Å². The van der Waals surface area contributed by atoms with Crippen LogP contribution >= 0.6 is 11.6 Å². The van der Waals surface area contributed by atoms with Crippen LogP contribution in [0.5, 0.6) is 5.75 Å². The van der Waals surface area contributed by atoms with E-state index in [-0.39, 0.29) is 4.90 Å². The number of rotatable bonds is 6. The van der Waals surface area contributed by atoms with Gasteiger partial charge in [-0.2, -0.15) is 0 Å². The van der Waals surface area contributed by atoms with E-state index in [9.17, 15) is 8.42 Å². The Labute approximate surface area is 142 Å². The fraction of sp³-hybridized carbons (Fsp3) is 0.294. The molecular weight excluding hydrogens is 334 g/mol. The highest BCUT2D eigenvalue weighted by molar-refractivity contribution is 7.92. The van der Waals surface area contributed by atoms with Crippen LogP contribution in [0.15, 0.2) is 41.3 Å². The lowest BCUT2D eigenvalue weighted by molar-refractivity contribution is 0.331. The zero-order chi connectivity index (χ0) is 17.0. The van der Waals surface area contributed by atoms with Crippen molar-refractivity contribution in [2.24, 2.45) is 0 Å². The van der Waals surface area contributed by atoms with Crippen molar-refractivity contribution in [2.75, 3.05) is 11.3 Å². The van der Waals surface area contributed by atoms with Crippen molar-refractivity contribution in [2.45, 2.75) is 32.1 Å². The Morgan fingerprint density at radius 3 is 2.35 bits per heavy atom. The molecule has 0 atom stereocenters. The average Bonchev–Trinajstić information content (AvgIpc) is 2.51. The first kappa shape index (κ1) is 17.6. The van der Waals surface area contributed by atoms with Gasteiger partial charge in [0.1, 0.15) is 10.6 Å². The number of halogens is 1. The molecule has 0 amide bonds. The van der Waals surface area contributed by atoms with Crippen LogP contribution in [-0.4, -0.2) is 15.0 Å². The molecule has 0 heterocycles. The minimum absolute atomic E-state index is 0.0366. The summed E-state index contributed by atoms with van der Waals surface area (Å²) >= 11 is 6.09. The van der Waals surface area contributed by atoms with Crippen molar-refractivity contribution >= 4 is 27.3 Å². The highest BCUT2D eigenvalue weighted by Gasteiger charge is 2.21. The number of sulfonamides is 1. The quantitative estimate of drug-likeness (QED) is 0.836. The van der Waals surface area contributed by atoms with Gasteiger partial charge in [-0.1, -0.05) is 30.7 Å². The molecule has 0 unspecified atom stereocenters. The van der Waals surface area contributed by atoms with Crippen molar-refractivity contribution in [1.82, 2.24) is 0 Å². The molecule has 0 aliphatic heterocycles. The van der Waals surface area contributed by atoms with Crippen molar-refractivity contribution in [1.29, 1.82) is 0 Å². The van der Waals surface area contributed by atoms with E-state index in [1.165, 1.54) is 6.07 Å². The second-order valence-corrected chi connectivity index (χ2v) is 7.20. The zero-order valence-corrected chi connectivity index (χ0v) is 15.0. The maximum absolute atomic E-state index is 12.7. The molecule has 6 heteroatoms. The molecule has 0 radical (unpaired) electrons. The van der Waals surface area contributed by atoms with Crippen molar-refractivity contribution in [3.8, 4) is 5.75 Å². The molecule has 124 valence electrons. The Bertz CT molecular complexity index is 786. The minimum atomic E-state index is -3.78. The van der Waals surface area contributed by atoms with Crippen LogP contribution in [0.25, 0.3) is 0 Å². The topological polar surface area (TPSA) is 55.4 Å². The zero-order valence-electron chi connectivity index (χ0n) is 13.4. The highest BCUT2D eigenvalue weighted by Crippen LogP contribution is 2.31. The predicted octanol–water partition coefficient (Wildman–Crippen LogP) is 4.41. The normalized spacial score (nSPS) is 11.3. The molecule has 0 spiro atoms. The monoisotopic (exact) mass is 353 g/mol. The van der Waals surface area contributed by atoms with E-state index in [0.29, 0.717) is 23.1 Å². The number of hydrogen-bond donors (Lipinski definition) is 1. The van der Waals surface area contributed by atoms with E-state index in [1.807, 2.05) is 19.1 Å². The molecule has 0 bridgehead atoms. The lowest BCUT2D eigenvalue weighted by Gasteiger charge is -2.14. The first-order valence-electron chi connectivity index (χ1n) is 7.42. The largest absolute Gasteiger partial charge is 0.492 e. The van der Waals surface area contributed by atoms with Gasteiger partial charge in [0.25, 0.3) is 10.0 Å². The third kappa shape index (κ3) is 4.18. The lowest BCUT2D eigenvalue weighted by atomic mass is 10.2. The van der Waals surface area contributed by atoms with E-state index >= 15 is 0 Å². The second kappa shape index (κ2) is 7.23. The SMILES string of the molecule is CCOc1cc(C)c(Cl)cc1S(=O)(=O)Nc1ccc(CC)cc1. The summed E-state index contributed by atoms with van der Waals surface area (Å²) in [6.07, 6.45) is 0.898. The molecule has 0 saturated heterocycles. The molecule has 2 aromatic carbocycles. The van der Waals surface area contributed by atoms with Crippen molar-refractivity contribution in [3.05, 3.63) is 52.5 Å². The lowest BCUT2D eigenvalue weighted by Crippen LogP contribution is -2.15. The Balaban J connectivity index is 2.39. The van der Waals surface area contributed by atoms with Gasteiger partial charge in [-0.05, 0) is 55.7 Å². The summed E-state index contributed by atoms with van der Waals surface area (Å²) in [5, 5.41) is 0.384. The summed E-state index contributed by atoms with van der Waals surface area (Å²) in [5.74, 6) is 0.298. The molecule has 0 fully saturated rings. The van der Waals surface area contributed by atoms with Crippen molar-refractivity contribution < 1.29 is 13.2 Å². The molecule has 0 saturated carbocycles. The molecule has 0 aromatic heterocycles.